The van der Waals surface area contributed by atoms with Gasteiger partial charge in [-0.2, -0.15) is 0 Å². The smallest absolute Gasteiger partial charge is 0.336 e. The van der Waals surface area contributed by atoms with Crippen molar-refractivity contribution in [1.82, 2.24) is 9.55 Å². The summed E-state index contributed by atoms with van der Waals surface area (Å²) < 4.78 is 29.4. The molecule has 38 heavy (non-hydrogen) atoms. The van der Waals surface area contributed by atoms with Crippen LogP contribution in [0.3, 0.4) is 0 Å². The SMILES string of the molecule is O=C(O)c1cccc(C#Cc2ccc3ccn(CC4CCS(=O)CC4)c3c2F)c1-c1ccc2cc[nH]c2c1. The summed E-state index contributed by atoms with van der Waals surface area (Å²) in [5.74, 6) is 6.39. The molecule has 1 saturated heterocycles. The molecule has 190 valence electrons. The van der Waals surface area contributed by atoms with Crippen molar-refractivity contribution in [2.75, 3.05) is 11.5 Å². The van der Waals surface area contributed by atoms with Crippen molar-refractivity contribution in [2.45, 2.75) is 19.4 Å². The predicted molar refractivity (Wildman–Crippen MR) is 149 cm³/mol. The third-order valence-electron chi connectivity index (χ3n) is 7.30. The Hall–Kier alpha value is -4.15. The lowest BCUT2D eigenvalue weighted by Gasteiger charge is -2.22. The van der Waals surface area contributed by atoms with Crippen molar-refractivity contribution in [3.63, 3.8) is 0 Å². The van der Waals surface area contributed by atoms with Crippen LogP contribution in [0.5, 0.6) is 0 Å². The number of nitrogens with one attached hydrogen (secondary N) is 1. The summed E-state index contributed by atoms with van der Waals surface area (Å²) in [6.45, 7) is 0.681. The van der Waals surface area contributed by atoms with Gasteiger partial charge in [0.1, 0.15) is 0 Å². The lowest BCUT2D eigenvalue weighted by atomic mass is 9.93. The van der Waals surface area contributed by atoms with Crippen LogP contribution in [-0.4, -0.2) is 36.3 Å². The van der Waals surface area contributed by atoms with Gasteiger partial charge in [-0.25, -0.2) is 9.18 Å². The molecular formula is C31H25FN2O3S. The Kier molecular flexibility index (Phi) is 6.34. The highest BCUT2D eigenvalue weighted by atomic mass is 32.2. The number of hydrogen-bond donors (Lipinski definition) is 2. The fourth-order valence-corrected chi connectivity index (χ4v) is 6.68. The number of hydrogen-bond acceptors (Lipinski definition) is 2. The van der Waals surface area contributed by atoms with E-state index in [1.165, 1.54) is 0 Å². The number of rotatable bonds is 4. The number of carboxylic acids is 1. The number of carboxylic acid groups (broad SMARTS) is 1. The van der Waals surface area contributed by atoms with E-state index in [2.05, 4.69) is 16.8 Å². The predicted octanol–water partition coefficient (Wildman–Crippen LogP) is 6.19. The highest BCUT2D eigenvalue weighted by Crippen LogP contribution is 2.31. The standard InChI is InChI=1S/C31H25FN2O3S/c32-29-23(7-8-24-11-15-34(30(24)29)19-20-12-16-38(37)17-13-20)6-5-22-2-1-3-26(31(35)36)28(22)25-9-4-21-10-14-33-27(21)18-25/h1-4,7-11,14-15,18,20,33H,12-13,16-17,19H2,(H,35,36). The number of aromatic nitrogens is 2. The number of aromatic carboxylic acids is 1. The molecule has 1 aliphatic heterocycles. The minimum Gasteiger partial charge on any atom is -0.478 e. The van der Waals surface area contributed by atoms with Crippen LogP contribution in [0.4, 0.5) is 4.39 Å². The molecule has 0 bridgehead atoms. The summed E-state index contributed by atoms with van der Waals surface area (Å²) in [5.41, 5.74) is 3.54. The fourth-order valence-electron chi connectivity index (χ4n) is 5.29. The van der Waals surface area contributed by atoms with Gasteiger partial charge in [-0.05, 0) is 66.1 Å². The molecule has 0 spiro atoms. The van der Waals surface area contributed by atoms with Crippen LogP contribution in [0.2, 0.25) is 0 Å². The van der Waals surface area contributed by atoms with Crippen molar-refractivity contribution in [2.24, 2.45) is 5.92 Å². The first-order valence-corrected chi connectivity index (χ1v) is 14.0. The lowest BCUT2D eigenvalue weighted by molar-refractivity contribution is 0.0697. The van der Waals surface area contributed by atoms with E-state index in [0.29, 0.717) is 40.6 Å². The van der Waals surface area contributed by atoms with Gasteiger partial charge in [0.2, 0.25) is 0 Å². The van der Waals surface area contributed by atoms with Gasteiger partial charge in [0.15, 0.2) is 5.82 Å². The van der Waals surface area contributed by atoms with Crippen LogP contribution in [-0.2, 0) is 17.3 Å². The van der Waals surface area contributed by atoms with Crippen LogP contribution in [0.15, 0.2) is 73.1 Å². The molecule has 3 heterocycles. The number of aromatic amines is 1. The van der Waals surface area contributed by atoms with E-state index in [9.17, 15) is 14.1 Å². The first kappa shape index (κ1) is 24.2. The Morgan fingerprint density at radius 3 is 2.63 bits per heavy atom. The third-order valence-corrected chi connectivity index (χ3v) is 8.68. The summed E-state index contributed by atoms with van der Waals surface area (Å²) in [7, 11) is -0.731. The summed E-state index contributed by atoms with van der Waals surface area (Å²) in [4.78, 5) is 15.3. The zero-order valence-electron chi connectivity index (χ0n) is 20.5. The molecule has 0 amide bonds. The van der Waals surface area contributed by atoms with Gasteiger partial charge in [0.05, 0.1) is 16.6 Å². The highest BCUT2D eigenvalue weighted by molar-refractivity contribution is 7.85. The average molecular weight is 525 g/mol. The zero-order valence-corrected chi connectivity index (χ0v) is 21.4. The molecule has 2 aromatic heterocycles. The summed E-state index contributed by atoms with van der Waals surface area (Å²) >= 11 is 0. The lowest BCUT2D eigenvalue weighted by Crippen LogP contribution is -2.22. The second kappa shape index (κ2) is 9.96. The van der Waals surface area contributed by atoms with Crippen LogP contribution in [0.1, 0.15) is 34.3 Å². The Morgan fingerprint density at radius 1 is 1.03 bits per heavy atom. The number of fused-ring (bicyclic) bond motifs is 2. The monoisotopic (exact) mass is 524 g/mol. The first-order chi connectivity index (χ1) is 18.5. The van der Waals surface area contributed by atoms with Gasteiger partial charge in [-0.15, -0.1) is 0 Å². The van der Waals surface area contributed by atoms with Gasteiger partial charge >= 0.3 is 5.97 Å². The molecule has 5 aromatic rings. The van der Waals surface area contributed by atoms with Crippen molar-refractivity contribution in [3.8, 4) is 23.0 Å². The van der Waals surface area contributed by atoms with Crippen molar-refractivity contribution in [1.29, 1.82) is 0 Å². The maximum absolute atomic E-state index is 15.8. The largest absolute Gasteiger partial charge is 0.478 e. The third kappa shape index (κ3) is 4.52. The van der Waals surface area contributed by atoms with Crippen molar-refractivity contribution in [3.05, 3.63) is 95.6 Å². The van der Waals surface area contributed by atoms with E-state index in [1.54, 1.807) is 24.3 Å². The molecule has 1 fully saturated rings. The van der Waals surface area contributed by atoms with Gasteiger partial charge in [0, 0.05) is 63.3 Å². The molecule has 2 N–H and O–H groups in total. The van der Waals surface area contributed by atoms with E-state index in [1.807, 2.05) is 53.4 Å². The summed E-state index contributed by atoms with van der Waals surface area (Å²) in [5, 5.41) is 11.7. The van der Waals surface area contributed by atoms with Crippen LogP contribution < -0.4 is 0 Å². The van der Waals surface area contributed by atoms with Crippen LogP contribution in [0, 0.1) is 23.6 Å². The fraction of sp³-hybridized carbons (Fsp3) is 0.194. The first-order valence-electron chi connectivity index (χ1n) is 12.6. The maximum atomic E-state index is 15.8. The summed E-state index contributed by atoms with van der Waals surface area (Å²) in [6, 6.07) is 18.1. The highest BCUT2D eigenvalue weighted by Gasteiger charge is 2.20. The Balaban J connectivity index is 1.40. The maximum Gasteiger partial charge on any atom is 0.336 e. The Bertz CT molecular complexity index is 1780. The van der Waals surface area contributed by atoms with Gasteiger partial charge < -0.3 is 14.7 Å². The molecule has 0 aliphatic carbocycles. The average Bonchev–Trinajstić information content (AvgIpc) is 3.56. The van der Waals surface area contributed by atoms with E-state index >= 15 is 4.39 Å². The second-order valence-corrected chi connectivity index (χ2v) is 11.4. The number of H-pyrrole nitrogens is 1. The molecule has 3 aromatic carbocycles. The topological polar surface area (TPSA) is 75.1 Å². The van der Waals surface area contributed by atoms with Crippen LogP contribution in [0.25, 0.3) is 32.9 Å². The number of carbonyl (C=O) groups is 1. The van der Waals surface area contributed by atoms with E-state index in [-0.39, 0.29) is 16.9 Å². The molecule has 6 rings (SSSR count). The quantitative estimate of drug-likeness (QED) is 0.276. The van der Waals surface area contributed by atoms with E-state index in [4.69, 9.17) is 0 Å². The minimum atomic E-state index is -1.05. The van der Waals surface area contributed by atoms with E-state index < -0.39 is 16.8 Å². The van der Waals surface area contributed by atoms with Crippen molar-refractivity contribution < 1.29 is 18.5 Å². The normalized spacial score (nSPS) is 17.4. The van der Waals surface area contributed by atoms with E-state index in [0.717, 1.165) is 34.7 Å². The molecule has 5 nitrogen and oxygen atoms in total. The summed E-state index contributed by atoms with van der Waals surface area (Å²) in [6.07, 6.45) is 5.50. The Labute approximate surface area is 221 Å². The van der Waals surface area contributed by atoms with Gasteiger partial charge in [-0.1, -0.05) is 36.1 Å². The van der Waals surface area contributed by atoms with Crippen molar-refractivity contribution >= 4 is 38.6 Å². The number of halogens is 1. The number of benzene rings is 3. The molecule has 0 radical (unpaired) electrons. The minimum absolute atomic E-state index is 0.140. The molecule has 0 saturated carbocycles. The molecule has 0 atom stereocenters. The molecule has 0 unspecified atom stereocenters. The molecule has 1 aliphatic rings. The number of nitrogens with zero attached hydrogens (tertiary/aromatic N) is 1. The molecule has 7 heteroatoms. The van der Waals surface area contributed by atoms with Crippen LogP contribution >= 0.6 is 0 Å². The van der Waals surface area contributed by atoms with Gasteiger partial charge in [0.25, 0.3) is 0 Å². The zero-order chi connectivity index (χ0) is 26.2. The molecular weight excluding hydrogens is 499 g/mol. The second-order valence-electron chi connectivity index (χ2n) is 9.69. The van der Waals surface area contributed by atoms with Gasteiger partial charge in [-0.3, -0.25) is 4.21 Å². The Morgan fingerprint density at radius 2 is 1.82 bits per heavy atom.